The van der Waals surface area contributed by atoms with Gasteiger partial charge < -0.3 is 14.3 Å². The van der Waals surface area contributed by atoms with E-state index in [4.69, 9.17) is 9.15 Å². The number of oxazole rings is 1. The summed E-state index contributed by atoms with van der Waals surface area (Å²) in [6.07, 6.45) is -0.126. The monoisotopic (exact) mass is 197 g/mol. The lowest BCUT2D eigenvalue weighted by Gasteiger charge is -2.12. The van der Waals surface area contributed by atoms with Crippen LogP contribution in [0.2, 0.25) is 0 Å². The highest BCUT2D eigenvalue weighted by Crippen LogP contribution is 2.22. The Kier molecular flexibility index (Phi) is 2.35. The lowest BCUT2D eigenvalue weighted by atomic mass is 9.98. The predicted molar refractivity (Wildman–Crippen MR) is 45.9 cm³/mol. The van der Waals surface area contributed by atoms with Crippen LogP contribution in [-0.2, 0) is 17.8 Å². The average Bonchev–Trinajstić information content (AvgIpc) is 2.48. The number of aliphatic hydroxyl groups excluding tert-OH is 1. The number of methoxy groups -OCH3 is 1. The Morgan fingerprint density at radius 2 is 2.43 bits per heavy atom. The number of hydrogen-bond acceptors (Lipinski definition) is 5. The molecule has 0 spiro atoms. The largest absolute Gasteiger partial charge is 0.435 e. The Morgan fingerprint density at radius 1 is 1.64 bits per heavy atom. The van der Waals surface area contributed by atoms with E-state index in [2.05, 4.69) is 4.98 Å². The summed E-state index contributed by atoms with van der Waals surface area (Å²) in [6, 6.07) is 0. The first-order valence-electron chi connectivity index (χ1n) is 4.39. The molecule has 0 aliphatic heterocycles. The summed E-state index contributed by atoms with van der Waals surface area (Å²) in [5, 5.41) is 9.33. The first-order valence-corrected chi connectivity index (χ1v) is 4.39. The van der Waals surface area contributed by atoms with E-state index < -0.39 is 6.10 Å². The second-order valence-electron chi connectivity index (χ2n) is 3.30. The van der Waals surface area contributed by atoms with Crippen LogP contribution in [0.25, 0.3) is 0 Å². The fraction of sp³-hybridized carbons (Fsp3) is 0.556. The third kappa shape index (κ3) is 1.56. The van der Waals surface area contributed by atoms with Crippen molar-refractivity contribution in [2.45, 2.75) is 25.6 Å². The molecule has 0 amide bonds. The molecular weight excluding hydrogens is 186 g/mol. The number of carbonyl (C=O) groups excluding carboxylic acids is 1. The number of Topliss-reactive ketones (excluding diaryl/α,β-unsaturated/α-hetero) is 1. The Balaban J connectivity index is 2.30. The molecule has 0 aromatic carbocycles. The predicted octanol–water partition coefficient (Wildman–Crippen LogP) is 0.311. The van der Waals surface area contributed by atoms with Gasteiger partial charge in [0.05, 0.1) is 11.8 Å². The standard InChI is InChI=1S/C9H11NO4/c1-13-4-8-10-6-2-5(11)3-7(12)9(6)14-8/h5,11H,2-4H2,1H3. The number of nitrogens with zero attached hydrogens (tertiary/aromatic N) is 1. The average molecular weight is 197 g/mol. The number of fused-ring (bicyclic) bond motifs is 1. The summed E-state index contributed by atoms with van der Waals surface area (Å²) in [5.74, 6) is 0.482. The third-order valence-electron chi connectivity index (χ3n) is 2.11. The summed E-state index contributed by atoms with van der Waals surface area (Å²) in [6.45, 7) is 0.246. The van der Waals surface area contributed by atoms with Crippen LogP contribution < -0.4 is 0 Å². The summed E-state index contributed by atoms with van der Waals surface area (Å²) >= 11 is 0. The van der Waals surface area contributed by atoms with E-state index in [-0.39, 0.29) is 24.6 Å². The minimum absolute atomic E-state index is 0.120. The van der Waals surface area contributed by atoms with Crippen molar-refractivity contribution in [3.63, 3.8) is 0 Å². The van der Waals surface area contributed by atoms with Crippen LogP contribution in [0.4, 0.5) is 0 Å². The van der Waals surface area contributed by atoms with Crippen LogP contribution in [-0.4, -0.2) is 29.1 Å². The van der Waals surface area contributed by atoms with Crippen LogP contribution in [0.5, 0.6) is 0 Å². The molecule has 5 heteroatoms. The van der Waals surface area contributed by atoms with Gasteiger partial charge in [-0.15, -0.1) is 0 Å². The lowest BCUT2D eigenvalue weighted by molar-refractivity contribution is 0.0813. The SMILES string of the molecule is COCc1nc2c(o1)C(=O)CC(O)C2. The zero-order chi connectivity index (χ0) is 10.1. The molecule has 1 unspecified atom stereocenters. The van der Waals surface area contributed by atoms with Gasteiger partial charge in [-0.1, -0.05) is 0 Å². The Bertz CT molecular complexity index is 358. The topological polar surface area (TPSA) is 72.6 Å². The number of aliphatic hydroxyl groups is 1. The first kappa shape index (κ1) is 9.36. The van der Waals surface area contributed by atoms with Gasteiger partial charge in [0, 0.05) is 20.0 Å². The maximum absolute atomic E-state index is 11.4. The molecule has 1 aliphatic carbocycles. The zero-order valence-corrected chi connectivity index (χ0v) is 7.82. The Morgan fingerprint density at radius 3 is 3.14 bits per heavy atom. The number of ketones is 1. The van der Waals surface area contributed by atoms with Gasteiger partial charge in [-0.2, -0.15) is 0 Å². The number of rotatable bonds is 2. The molecule has 1 atom stereocenters. The second-order valence-corrected chi connectivity index (χ2v) is 3.30. The number of carbonyl (C=O) groups is 1. The van der Waals surface area contributed by atoms with Crippen LogP contribution in [0.3, 0.4) is 0 Å². The summed E-state index contributed by atoms with van der Waals surface area (Å²) in [7, 11) is 1.53. The van der Waals surface area contributed by atoms with Gasteiger partial charge in [0.25, 0.3) is 0 Å². The minimum atomic E-state index is -0.629. The van der Waals surface area contributed by atoms with Gasteiger partial charge in [0.1, 0.15) is 6.61 Å². The highest BCUT2D eigenvalue weighted by atomic mass is 16.5. The normalized spacial score (nSPS) is 21.0. The van der Waals surface area contributed by atoms with E-state index >= 15 is 0 Å². The molecule has 0 saturated carbocycles. The Labute approximate surface area is 80.7 Å². The molecule has 1 aromatic rings. The van der Waals surface area contributed by atoms with E-state index in [1.807, 2.05) is 0 Å². The van der Waals surface area contributed by atoms with Crippen molar-refractivity contribution in [1.82, 2.24) is 4.98 Å². The molecule has 1 heterocycles. The van der Waals surface area contributed by atoms with Crippen molar-refractivity contribution in [2.75, 3.05) is 7.11 Å². The molecule has 1 N–H and O–H groups in total. The van der Waals surface area contributed by atoms with Gasteiger partial charge in [-0.25, -0.2) is 4.98 Å². The van der Waals surface area contributed by atoms with Crippen molar-refractivity contribution in [3.05, 3.63) is 17.3 Å². The molecule has 0 fully saturated rings. The van der Waals surface area contributed by atoms with Gasteiger partial charge in [0.15, 0.2) is 5.76 Å². The fourth-order valence-corrected chi connectivity index (χ4v) is 1.54. The maximum atomic E-state index is 11.4. The molecule has 2 rings (SSSR count). The van der Waals surface area contributed by atoms with Crippen LogP contribution in [0.1, 0.15) is 28.6 Å². The quantitative estimate of drug-likeness (QED) is 0.738. The molecule has 0 bridgehead atoms. The van der Waals surface area contributed by atoms with Crippen LogP contribution in [0, 0.1) is 0 Å². The smallest absolute Gasteiger partial charge is 0.221 e. The molecule has 1 aromatic heterocycles. The molecule has 0 saturated heterocycles. The number of hydrogen-bond donors (Lipinski definition) is 1. The van der Waals surface area contributed by atoms with Gasteiger partial charge in [-0.05, 0) is 0 Å². The molecule has 5 nitrogen and oxygen atoms in total. The van der Waals surface area contributed by atoms with Crippen molar-refractivity contribution < 1.29 is 19.1 Å². The zero-order valence-electron chi connectivity index (χ0n) is 7.82. The minimum Gasteiger partial charge on any atom is -0.435 e. The maximum Gasteiger partial charge on any atom is 0.221 e. The Hall–Kier alpha value is -1.20. The molecule has 76 valence electrons. The van der Waals surface area contributed by atoms with E-state index in [0.717, 1.165) is 0 Å². The van der Waals surface area contributed by atoms with E-state index in [1.54, 1.807) is 0 Å². The van der Waals surface area contributed by atoms with Crippen molar-refractivity contribution in [1.29, 1.82) is 0 Å². The summed E-state index contributed by atoms with van der Waals surface area (Å²) in [4.78, 5) is 15.4. The van der Waals surface area contributed by atoms with E-state index in [1.165, 1.54) is 7.11 Å². The third-order valence-corrected chi connectivity index (χ3v) is 2.11. The van der Waals surface area contributed by atoms with Gasteiger partial charge in [-0.3, -0.25) is 4.79 Å². The van der Waals surface area contributed by atoms with Gasteiger partial charge >= 0.3 is 0 Å². The second kappa shape index (κ2) is 3.51. The molecule has 0 radical (unpaired) electrons. The molecule has 1 aliphatic rings. The summed E-state index contributed by atoms with van der Waals surface area (Å²) < 4.78 is 10.0. The van der Waals surface area contributed by atoms with Crippen molar-refractivity contribution in [3.8, 4) is 0 Å². The van der Waals surface area contributed by atoms with Crippen molar-refractivity contribution in [2.24, 2.45) is 0 Å². The number of ether oxygens (including phenoxy) is 1. The van der Waals surface area contributed by atoms with Gasteiger partial charge in [0.2, 0.25) is 11.7 Å². The van der Waals surface area contributed by atoms with E-state index in [9.17, 15) is 9.90 Å². The fourth-order valence-electron chi connectivity index (χ4n) is 1.54. The van der Waals surface area contributed by atoms with Crippen LogP contribution >= 0.6 is 0 Å². The van der Waals surface area contributed by atoms with Crippen LogP contribution in [0.15, 0.2) is 4.42 Å². The van der Waals surface area contributed by atoms with Crippen molar-refractivity contribution >= 4 is 5.78 Å². The first-order chi connectivity index (χ1) is 6.70. The highest BCUT2D eigenvalue weighted by molar-refractivity contribution is 5.95. The molecule has 14 heavy (non-hydrogen) atoms. The molecular formula is C9H11NO4. The lowest BCUT2D eigenvalue weighted by Crippen LogP contribution is -2.23. The highest BCUT2D eigenvalue weighted by Gasteiger charge is 2.29. The number of aromatic nitrogens is 1. The van der Waals surface area contributed by atoms with E-state index in [0.29, 0.717) is 18.0 Å². The summed E-state index contributed by atoms with van der Waals surface area (Å²) in [5.41, 5.74) is 0.542.